The monoisotopic (exact) mass is 405 g/mol. The van der Waals surface area contributed by atoms with E-state index in [1.54, 1.807) is 42.2 Å². The Morgan fingerprint density at radius 3 is 2.41 bits per heavy atom. The summed E-state index contributed by atoms with van der Waals surface area (Å²) in [6.45, 7) is 2.59. The fourth-order valence-electron chi connectivity index (χ4n) is 3.05. The molecule has 1 atom stereocenters. The van der Waals surface area contributed by atoms with Crippen molar-refractivity contribution in [2.75, 3.05) is 13.1 Å². The third-order valence-corrected chi connectivity index (χ3v) is 5.75. The summed E-state index contributed by atoms with van der Waals surface area (Å²) in [6.07, 6.45) is 0.222. The lowest BCUT2D eigenvalue weighted by Crippen LogP contribution is -2.41. The Balaban J connectivity index is 1.51. The highest BCUT2D eigenvalue weighted by atomic mass is 35.5. The van der Waals surface area contributed by atoms with Crippen molar-refractivity contribution in [2.24, 2.45) is 5.92 Å². The molecule has 1 fully saturated rings. The predicted octanol–water partition coefficient (Wildman–Crippen LogP) is 4.07. The van der Waals surface area contributed by atoms with E-state index in [0.717, 1.165) is 0 Å². The molecule has 1 aliphatic rings. The number of ether oxygens (including phenoxy) is 1. The zero-order valence-electron chi connectivity index (χ0n) is 14.9. The van der Waals surface area contributed by atoms with Crippen LogP contribution in [0.2, 0.25) is 5.02 Å². The molecule has 0 aliphatic carbocycles. The molecule has 0 radical (unpaired) electrons. The van der Waals surface area contributed by atoms with Crippen LogP contribution in [0, 0.1) is 5.92 Å². The molecular formula is C20H20ClNO4S. The van der Waals surface area contributed by atoms with Gasteiger partial charge in [-0.05, 0) is 55.5 Å². The van der Waals surface area contributed by atoms with E-state index in [2.05, 4.69) is 0 Å². The lowest BCUT2D eigenvalue weighted by molar-refractivity contribution is -0.152. The van der Waals surface area contributed by atoms with Crippen molar-refractivity contribution in [2.45, 2.75) is 25.9 Å². The Morgan fingerprint density at radius 2 is 1.81 bits per heavy atom. The van der Waals surface area contributed by atoms with Gasteiger partial charge in [-0.2, -0.15) is 0 Å². The van der Waals surface area contributed by atoms with Crippen molar-refractivity contribution in [3.8, 4) is 0 Å². The van der Waals surface area contributed by atoms with Gasteiger partial charge >= 0.3 is 5.97 Å². The Bertz CT molecular complexity index is 811. The first-order chi connectivity index (χ1) is 13.0. The first-order valence-corrected chi connectivity index (χ1v) is 10.0. The molecular weight excluding hydrogens is 386 g/mol. The number of hydrogen-bond acceptors (Lipinski definition) is 5. The molecule has 1 aromatic carbocycles. The predicted molar refractivity (Wildman–Crippen MR) is 104 cm³/mol. The maximum Gasteiger partial charge on any atom is 0.309 e. The number of carbonyl (C=O) groups excluding carboxylic acids is 3. The molecule has 0 N–H and O–H groups in total. The Labute approximate surface area is 166 Å². The third kappa shape index (κ3) is 4.76. The van der Waals surface area contributed by atoms with Gasteiger partial charge in [0.05, 0.1) is 10.8 Å². The molecule has 1 aromatic heterocycles. The molecule has 5 nitrogen and oxygen atoms in total. The van der Waals surface area contributed by atoms with Crippen molar-refractivity contribution in [3.05, 3.63) is 57.2 Å². The maximum atomic E-state index is 12.4. The summed E-state index contributed by atoms with van der Waals surface area (Å²) >= 11 is 7.24. The molecule has 27 heavy (non-hydrogen) atoms. The van der Waals surface area contributed by atoms with E-state index < -0.39 is 6.10 Å². The molecule has 1 saturated heterocycles. The SMILES string of the molecule is C[C@H](OC(=O)C1CCN(C(=O)c2cccs2)CC1)C(=O)c1ccc(Cl)cc1. The average molecular weight is 406 g/mol. The quantitative estimate of drug-likeness (QED) is 0.555. The number of nitrogens with zero attached hydrogens (tertiary/aromatic N) is 1. The van der Waals surface area contributed by atoms with Crippen LogP contribution in [0.4, 0.5) is 0 Å². The van der Waals surface area contributed by atoms with Crippen LogP contribution in [0.5, 0.6) is 0 Å². The second kappa shape index (κ2) is 8.67. The summed E-state index contributed by atoms with van der Waals surface area (Å²) in [5, 5.41) is 2.41. The van der Waals surface area contributed by atoms with Gasteiger partial charge in [0.15, 0.2) is 6.10 Å². The average Bonchev–Trinajstić information content (AvgIpc) is 3.22. The number of amides is 1. The van der Waals surface area contributed by atoms with Gasteiger partial charge in [-0.1, -0.05) is 17.7 Å². The largest absolute Gasteiger partial charge is 0.454 e. The van der Waals surface area contributed by atoms with Crippen molar-refractivity contribution in [3.63, 3.8) is 0 Å². The smallest absolute Gasteiger partial charge is 0.309 e. The third-order valence-electron chi connectivity index (χ3n) is 4.64. The van der Waals surface area contributed by atoms with Crippen molar-refractivity contribution in [1.82, 2.24) is 4.90 Å². The maximum absolute atomic E-state index is 12.4. The topological polar surface area (TPSA) is 63.7 Å². The van der Waals surface area contributed by atoms with Crippen LogP contribution < -0.4 is 0 Å². The fourth-order valence-corrected chi connectivity index (χ4v) is 3.86. The molecule has 0 unspecified atom stereocenters. The van der Waals surface area contributed by atoms with Crippen molar-refractivity contribution in [1.29, 1.82) is 0 Å². The standard InChI is InChI=1S/C20H20ClNO4S/c1-13(18(23)14-4-6-16(21)7-5-14)26-20(25)15-8-10-22(11-9-15)19(24)17-3-2-12-27-17/h2-7,12-13,15H,8-11H2,1H3/t13-/m0/s1. The van der Waals surface area contributed by atoms with E-state index in [9.17, 15) is 14.4 Å². The van der Waals surface area contributed by atoms with E-state index in [1.165, 1.54) is 11.3 Å². The van der Waals surface area contributed by atoms with Crippen LogP contribution in [0.3, 0.4) is 0 Å². The number of likely N-dealkylation sites (tertiary alicyclic amines) is 1. The number of rotatable bonds is 5. The number of ketones is 1. The number of carbonyl (C=O) groups is 3. The number of halogens is 1. The normalized spacial score (nSPS) is 16.0. The highest BCUT2D eigenvalue weighted by molar-refractivity contribution is 7.12. The first kappa shape index (κ1) is 19.6. The van der Waals surface area contributed by atoms with Crippen molar-refractivity contribution < 1.29 is 19.1 Å². The van der Waals surface area contributed by atoms with Gasteiger partial charge in [-0.15, -0.1) is 11.3 Å². The van der Waals surface area contributed by atoms with E-state index in [1.807, 2.05) is 11.4 Å². The van der Waals surface area contributed by atoms with Crippen LogP contribution in [0.15, 0.2) is 41.8 Å². The van der Waals surface area contributed by atoms with Crippen LogP contribution in [0.25, 0.3) is 0 Å². The number of esters is 1. The van der Waals surface area contributed by atoms with Gasteiger partial charge < -0.3 is 9.64 Å². The van der Waals surface area contributed by atoms with E-state index in [-0.39, 0.29) is 23.6 Å². The summed E-state index contributed by atoms with van der Waals surface area (Å²) in [5.74, 6) is -0.931. The summed E-state index contributed by atoms with van der Waals surface area (Å²) in [6, 6.07) is 10.1. The van der Waals surface area contributed by atoms with E-state index in [0.29, 0.717) is 41.4 Å². The second-order valence-corrected chi connectivity index (χ2v) is 7.88. The molecule has 3 rings (SSSR count). The summed E-state index contributed by atoms with van der Waals surface area (Å²) < 4.78 is 5.38. The van der Waals surface area contributed by atoms with Crippen LogP contribution in [-0.2, 0) is 9.53 Å². The number of hydrogen-bond donors (Lipinski definition) is 0. The van der Waals surface area contributed by atoms with Gasteiger partial charge in [-0.25, -0.2) is 0 Å². The summed E-state index contributed by atoms with van der Waals surface area (Å²) in [7, 11) is 0. The van der Waals surface area contributed by atoms with Gasteiger partial charge in [0.1, 0.15) is 0 Å². The number of thiophene rings is 1. The molecule has 2 heterocycles. The van der Waals surface area contributed by atoms with Gasteiger partial charge in [0, 0.05) is 23.7 Å². The lowest BCUT2D eigenvalue weighted by atomic mass is 9.96. The Hall–Kier alpha value is -2.18. The second-order valence-electron chi connectivity index (χ2n) is 6.49. The van der Waals surface area contributed by atoms with Gasteiger partial charge in [0.25, 0.3) is 5.91 Å². The molecule has 1 aliphatic heterocycles. The Kier molecular flexibility index (Phi) is 6.29. The number of piperidine rings is 1. The minimum Gasteiger partial charge on any atom is -0.454 e. The minimum atomic E-state index is -0.857. The fraction of sp³-hybridized carbons (Fsp3) is 0.350. The molecule has 1 amide bonds. The van der Waals surface area contributed by atoms with Crippen LogP contribution >= 0.6 is 22.9 Å². The van der Waals surface area contributed by atoms with Gasteiger partial charge in [-0.3, -0.25) is 14.4 Å². The molecule has 0 bridgehead atoms. The number of benzene rings is 1. The Morgan fingerprint density at radius 1 is 1.15 bits per heavy atom. The van der Waals surface area contributed by atoms with E-state index in [4.69, 9.17) is 16.3 Å². The zero-order chi connectivity index (χ0) is 19.4. The molecule has 0 saturated carbocycles. The van der Waals surface area contributed by atoms with Crippen LogP contribution in [0.1, 0.15) is 39.8 Å². The highest BCUT2D eigenvalue weighted by Crippen LogP contribution is 2.23. The molecule has 2 aromatic rings. The van der Waals surface area contributed by atoms with Crippen LogP contribution in [-0.4, -0.2) is 41.8 Å². The first-order valence-electron chi connectivity index (χ1n) is 8.78. The van der Waals surface area contributed by atoms with E-state index >= 15 is 0 Å². The lowest BCUT2D eigenvalue weighted by Gasteiger charge is -2.31. The molecule has 7 heteroatoms. The summed E-state index contributed by atoms with van der Waals surface area (Å²) in [5.41, 5.74) is 0.455. The minimum absolute atomic E-state index is 0.00287. The summed E-state index contributed by atoms with van der Waals surface area (Å²) in [4.78, 5) is 39.6. The zero-order valence-corrected chi connectivity index (χ0v) is 16.5. The molecule has 0 spiro atoms. The highest BCUT2D eigenvalue weighted by Gasteiger charge is 2.31. The molecule has 142 valence electrons. The van der Waals surface area contributed by atoms with Crippen molar-refractivity contribution >= 4 is 40.6 Å². The number of Topliss-reactive ketones (excluding diaryl/α,β-unsaturated/α-hetero) is 1. The van der Waals surface area contributed by atoms with Gasteiger partial charge in [0.2, 0.25) is 5.78 Å².